The van der Waals surface area contributed by atoms with Crippen molar-refractivity contribution >= 4 is 29.0 Å². The standard InChI is InChI=1S/C25H26ClF4N7O3/c1-35(2)23(38)21-19(26)16-10-36(7-4-8-37(16)34-21)22-12-11-40-17(9-15(12)32-24(33-22)39-3)18-13(25(28,29)30)5-6-14(31)20(18)27/h5-6,17H,4,7-11,31H2,1-3H3. The van der Waals surface area contributed by atoms with Gasteiger partial charge in [0.1, 0.15) is 5.82 Å². The molecule has 2 N–H and O–H groups in total. The Morgan fingerprint density at radius 3 is 2.67 bits per heavy atom. The second-order valence-corrected chi connectivity index (χ2v) is 10.1. The van der Waals surface area contributed by atoms with E-state index < -0.39 is 34.9 Å². The zero-order valence-electron chi connectivity index (χ0n) is 21.8. The zero-order chi connectivity index (χ0) is 28.9. The molecule has 0 saturated heterocycles. The van der Waals surface area contributed by atoms with Gasteiger partial charge >= 0.3 is 12.2 Å². The maximum Gasteiger partial charge on any atom is 0.416 e. The fraction of sp³-hybridized carbons (Fsp3) is 0.440. The maximum absolute atomic E-state index is 15.0. The molecule has 2 aliphatic rings. The van der Waals surface area contributed by atoms with Gasteiger partial charge in [-0.15, -0.1) is 0 Å². The van der Waals surface area contributed by atoms with Crippen LogP contribution in [0.3, 0.4) is 0 Å². The Morgan fingerprint density at radius 2 is 2.00 bits per heavy atom. The number of fused-ring (bicyclic) bond motifs is 2. The predicted molar refractivity (Wildman–Crippen MR) is 137 cm³/mol. The van der Waals surface area contributed by atoms with E-state index in [2.05, 4.69) is 15.1 Å². The maximum atomic E-state index is 15.0. The SMILES string of the molecule is COc1nc2c(c(N3CCCn4nc(C(=O)N(C)C)c(Cl)c4C3)n1)COC(c1c(C(F)(F)F)ccc(N)c1F)C2. The first-order valence-corrected chi connectivity index (χ1v) is 12.7. The van der Waals surface area contributed by atoms with Gasteiger partial charge in [0, 0.05) is 44.7 Å². The summed E-state index contributed by atoms with van der Waals surface area (Å²) < 4.78 is 69.1. The van der Waals surface area contributed by atoms with Crippen molar-refractivity contribution < 1.29 is 31.8 Å². The Bertz CT molecular complexity index is 1480. The van der Waals surface area contributed by atoms with Gasteiger partial charge in [-0.2, -0.15) is 28.2 Å². The van der Waals surface area contributed by atoms with Crippen molar-refractivity contribution in [3.8, 4) is 6.01 Å². The van der Waals surface area contributed by atoms with Crippen LogP contribution in [0.1, 0.15) is 51.1 Å². The molecule has 0 bridgehead atoms. The molecule has 5 rings (SSSR count). The number of rotatable bonds is 4. The summed E-state index contributed by atoms with van der Waals surface area (Å²) in [5.74, 6) is -1.07. The van der Waals surface area contributed by atoms with Crippen LogP contribution >= 0.6 is 11.6 Å². The lowest BCUT2D eigenvalue weighted by Gasteiger charge is -2.31. The molecule has 4 heterocycles. The van der Waals surface area contributed by atoms with E-state index in [-0.39, 0.29) is 42.2 Å². The fourth-order valence-electron chi connectivity index (χ4n) is 4.95. The van der Waals surface area contributed by atoms with Crippen molar-refractivity contribution in [2.24, 2.45) is 0 Å². The molecule has 2 aliphatic heterocycles. The number of nitrogen functional groups attached to an aromatic ring is 1. The number of anilines is 2. The summed E-state index contributed by atoms with van der Waals surface area (Å²) in [6, 6.07) is 1.62. The molecular formula is C25H26ClF4N7O3. The topological polar surface area (TPSA) is 112 Å². The predicted octanol–water partition coefficient (Wildman–Crippen LogP) is 4.00. The van der Waals surface area contributed by atoms with Gasteiger partial charge in [-0.05, 0) is 18.6 Å². The molecule has 0 fully saturated rings. The summed E-state index contributed by atoms with van der Waals surface area (Å²) in [6.07, 6.45) is -5.64. The Morgan fingerprint density at radius 1 is 1.25 bits per heavy atom. The largest absolute Gasteiger partial charge is 0.467 e. The summed E-state index contributed by atoms with van der Waals surface area (Å²) in [5, 5.41) is 4.64. The number of aryl methyl sites for hydroxylation is 1. The highest BCUT2D eigenvalue weighted by Crippen LogP contribution is 2.43. The molecule has 1 aromatic carbocycles. The van der Waals surface area contributed by atoms with Crippen molar-refractivity contribution in [1.82, 2.24) is 24.6 Å². The van der Waals surface area contributed by atoms with Crippen LogP contribution in [0.4, 0.5) is 29.1 Å². The first-order valence-electron chi connectivity index (χ1n) is 12.3. The van der Waals surface area contributed by atoms with Gasteiger partial charge in [0.05, 0.1) is 54.0 Å². The molecule has 0 spiro atoms. The quantitative estimate of drug-likeness (QED) is 0.362. The first-order chi connectivity index (χ1) is 18.9. The Labute approximate surface area is 231 Å². The molecule has 1 unspecified atom stereocenters. The highest BCUT2D eigenvalue weighted by Gasteiger charge is 2.40. The summed E-state index contributed by atoms with van der Waals surface area (Å²) in [5.41, 5.74) is 5.02. The van der Waals surface area contributed by atoms with Crippen molar-refractivity contribution in [1.29, 1.82) is 0 Å². The number of nitrogens with zero attached hydrogens (tertiary/aromatic N) is 6. The van der Waals surface area contributed by atoms with Crippen LogP contribution < -0.4 is 15.4 Å². The number of hydrogen-bond acceptors (Lipinski definition) is 8. The molecule has 40 heavy (non-hydrogen) atoms. The van der Waals surface area contributed by atoms with Crippen LogP contribution in [0.25, 0.3) is 0 Å². The van der Waals surface area contributed by atoms with Gasteiger partial charge in [0.2, 0.25) is 0 Å². The minimum Gasteiger partial charge on any atom is -0.467 e. The summed E-state index contributed by atoms with van der Waals surface area (Å²) in [4.78, 5) is 24.8. The van der Waals surface area contributed by atoms with E-state index in [1.54, 1.807) is 18.8 Å². The van der Waals surface area contributed by atoms with E-state index in [9.17, 15) is 22.4 Å². The number of alkyl halides is 3. The van der Waals surface area contributed by atoms with Crippen LogP contribution in [0.2, 0.25) is 5.02 Å². The average molecular weight is 584 g/mol. The van der Waals surface area contributed by atoms with Crippen LogP contribution in [-0.2, 0) is 37.0 Å². The lowest BCUT2D eigenvalue weighted by atomic mass is 9.94. The van der Waals surface area contributed by atoms with Gasteiger partial charge in [-0.25, -0.2) is 4.39 Å². The van der Waals surface area contributed by atoms with Crippen molar-refractivity contribution in [2.75, 3.05) is 38.4 Å². The zero-order valence-corrected chi connectivity index (χ0v) is 22.6. The number of amides is 1. The average Bonchev–Trinajstić information content (AvgIpc) is 3.07. The molecular weight excluding hydrogens is 558 g/mol. The summed E-state index contributed by atoms with van der Waals surface area (Å²) in [7, 11) is 4.58. The third-order valence-corrected chi connectivity index (χ3v) is 7.32. The summed E-state index contributed by atoms with van der Waals surface area (Å²) >= 11 is 6.60. The monoisotopic (exact) mass is 583 g/mol. The summed E-state index contributed by atoms with van der Waals surface area (Å²) in [6.45, 7) is 1.09. The van der Waals surface area contributed by atoms with E-state index >= 15 is 0 Å². The highest BCUT2D eigenvalue weighted by atomic mass is 35.5. The van der Waals surface area contributed by atoms with Crippen LogP contribution in [0.15, 0.2) is 12.1 Å². The van der Waals surface area contributed by atoms with Crippen molar-refractivity contribution in [2.45, 2.75) is 44.8 Å². The lowest BCUT2D eigenvalue weighted by Crippen LogP contribution is -2.29. The molecule has 15 heteroatoms. The number of benzene rings is 1. The number of nitrogens with two attached hydrogens (primary N) is 1. The molecule has 0 saturated carbocycles. The molecule has 214 valence electrons. The highest BCUT2D eigenvalue weighted by molar-refractivity contribution is 6.34. The number of ether oxygens (including phenoxy) is 2. The number of aromatic nitrogens is 4. The Kier molecular flexibility index (Phi) is 7.25. The van der Waals surface area contributed by atoms with Crippen LogP contribution in [-0.4, -0.2) is 58.3 Å². The van der Waals surface area contributed by atoms with E-state index in [1.807, 2.05) is 4.90 Å². The minimum atomic E-state index is -4.82. The normalized spacial score (nSPS) is 17.2. The van der Waals surface area contributed by atoms with Crippen LogP contribution in [0, 0.1) is 5.82 Å². The Balaban J connectivity index is 1.53. The van der Waals surface area contributed by atoms with E-state index in [1.165, 1.54) is 12.0 Å². The first kappa shape index (κ1) is 27.9. The second-order valence-electron chi connectivity index (χ2n) is 9.70. The number of hydrogen-bond donors (Lipinski definition) is 1. The molecule has 1 amide bonds. The third-order valence-electron chi connectivity index (χ3n) is 6.92. The molecule has 0 aliphatic carbocycles. The Hall–Kier alpha value is -3.65. The fourth-order valence-corrected chi connectivity index (χ4v) is 5.23. The van der Waals surface area contributed by atoms with Gasteiger partial charge in [-0.3, -0.25) is 9.48 Å². The molecule has 2 aromatic heterocycles. The van der Waals surface area contributed by atoms with E-state index in [0.29, 0.717) is 42.3 Å². The number of carbonyl (C=O) groups is 1. The van der Waals surface area contributed by atoms with Crippen molar-refractivity contribution in [3.63, 3.8) is 0 Å². The smallest absolute Gasteiger partial charge is 0.416 e. The third kappa shape index (κ3) is 4.89. The van der Waals surface area contributed by atoms with Gasteiger partial charge < -0.3 is 25.0 Å². The molecule has 3 aromatic rings. The molecule has 0 radical (unpaired) electrons. The second kappa shape index (κ2) is 10.4. The van der Waals surface area contributed by atoms with Crippen LogP contribution in [0.5, 0.6) is 6.01 Å². The van der Waals surface area contributed by atoms with E-state index in [4.69, 9.17) is 26.8 Å². The number of methoxy groups -OCH3 is 1. The minimum absolute atomic E-state index is 0.00850. The molecule has 10 nitrogen and oxygen atoms in total. The lowest BCUT2D eigenvalue weighted by molar-refractivity contribution is -0.140. The van der Waals surface area contributed by atoms with Crippen molar-refractivity contribution in [3.05, 3.63) is 56.7 Å². The van der Waals surface area contributed by atoms with Gasteiger partial charge in [0.25, 0.3) is 5.91 Å². The number of halogens is 5. The van der Waals surface area contributed by atoms with Gasteiger partial charge in [-0.1, -0.05) is 11.6 Å². The van der Waals surface area contributed by atoms with Gasteiger partial charge in [0.15, 0.2) is 11.5 Å². The van der Waals surface area contributed by atoms with E-state index in [0.717, 1.165) is 12.1 Å². The number of carbonyl (C=O) groups excluding carboxylic acids is 1. The molecule has 1 atom stereocenters.